The Bertz CT molecular complexity index is 201. The van der Waals surface area contributed by atoms with Gasteiger partial charge in [-0.15, -0.1) is 0 Å². The SMILES string of the molecule is NC(=NO)OC(=O)OC(N)=NO. The van der Waals surface area contributed by atoms with Crippen molar-refractivity contribution >= 4 is 18.2 Å². The lowest BCUT2D eigenvalue weighted by Crippen LogP contribution is -2.26. The van der Waals surface area contributed by atoms with Crippen molar-refractivity contribution in [2.45, 2.75) is 0 Å². The summed E-state index contributed by atoms with van der Waals surface area (Å²) in [5.41, 5.74) is 9.45. The van der Waals surface area contributed by atoms with E-state index in [1.165, 1.54) is 0 Å². The first-order chi connectivity index (χ1) is 5.60. The predicted molar refractivity (Wildman–Crippen MR) is 34.4 cm³/mol. The smallest absolute Gasteiger partial charge is 0.407 e. The minimum absolute atomic E-state index is 0.828. The highest BCUT2D eigenvalue weighted by atomic mass is 16.7. The third-order valence-corrected chi connectivity index (χ3v) is 0.573. The van der Waals surface area contributed by atoms with Crippen LogP contribution in [0.25, 0.3) is 0 Å². The molecule has 9 heteroatoms. The van der Waals surface area contributed by atoms with Gasteiger partial charge in [0.25, 0.3) is 0 Å². The minimum atomic E-state index is -1.39. The molecule has 6 N–H and O–H groups in total. The molecule has 0 aliphatic heterocycles. The number of ether oxygens (including phenoxy) is 2. The average Bonchev–Trinajstić information content (AvgIpc) is 2.03. The molecule has 0 rings (SSSR count). The third-order valence-electron chi connectivity index (χ3n) is 0.573. The standard InChI is InChI=1S/C3H6N4O5/c4-1(6-9)11-3(8)12-2(5)7-10/h9-10H,(H2,4,6)(H2,5,7). The Balaban J connectivity index is 3.91. The molecule has 0 heterocycles. The van der Waals surface area contributed by atoms with E-state index in [-0.39, 0.29) is 0 Å². The average molecular weight is 178 g/mol. The molecule has 0 aromatic heterocycles. The zero-order chi connectivity index (χ0) is 9.56. The highest BCUT2D eigenvalue weighted by Gasteiger charge is 2.09. The maximum Gasteiger partial charge on any atom is 0.524 e. The van der Waals surface area contributed by atoms with Gasteiger partial charge in [0.15, 0.2) is 0 Å². The molecule has 0 radical (unpaired) electrons. The van der Waals surface area contributed by atoms with E-state index in [0.717, 1.165) is 0 Å². The number of nitrogens with two attached hydrogens (primary N) is 2. The fourth-order valence-corrected chi connectivity index (χ4v) is 0.232. The van der Waals surface area contributed by atoms with E-state index >= 15 is 0 Å². The van der Waals surface area contributed by atoms with Crippen molar-refractivity contribution in [1.29, 1.82) is 0 Å². The van der Waals surface area contributed by atoms with Crippen molar-refractivity contribution in [2.75, 3.05) is 0 Å². The molecule has 12 heavy (non-hydrogen) atoms. The Morgan fingerprint density at radius 2 is 1.42 bits per heavy atom. The lowest BCUT2D eigenvalue weighted by Gasteiger charge is -1.99. The van der Waals surface area contributed by atoms with Gasteiger partial charge in [-0.05, 0) is 10.3 Å². The van der Waals surface area contributed by atoms with Gasteiger partial charge in [-0.3, -0.25) is 0 Å². The van der Waals surface area contributed by atoms with Crippen LogP contribution in [0.3, 0.4) is 0 Å². The monoisotopic (exact) mass is 178 g/mol. The molecule has 0 spiro atoms. The van der Waals surface area contributed by atoms with Crippen LogP contribution >= 0.6 is 0 Å². The molecule has 0 saturated carbocycles. The zero-order valence-electron chi connectivity index (χ0n) is 5.67. The molecule has 0 aromatic carbocycles. The molecule has 68 valence electrons. The molecule has 0 amide bonds. The topological polar surface area (TPSA) is 153 Å². The normalized spacial score (nSPS) is 12.3. The predicted octanol–water partition coefficient (Wildman–Crippen LogP) is -1.45. The molecule has 0 bridgehead atoms. The number of hydrogen-bond donors (Lipinski definition) is 4. The lowest BCUT2D eigenvalue weighted by molar-refractivity contribution is 0.136. The number of rotatable bonds is 0. The van der Waals surface area contributed by atoms with Crippen molar-refractivity contribution in [1.82, 2.24) is 0 Å². The third kappa shape index (κ3) is 3.76. The van der Waals surface area contributed by atoms with Crippen LogP contribution in [0.15, 0.2) is 10.3 Å². The fraction of sp³-hybridized carbons (Fsp3) is 0. The first kappa shape index (κ1) is 9.81. The number of amidine groups is 2. The Morgan fingerprint density at radius 1 is 1.08 bits per heavy atom. The van der Waals surface area contributed by atoms with Crippen molar-refractivity contribution in [2.24, 2.45) is 21.8 Å². The Hall–Kier alpha value is -2.19. The van der Waals surface area contributed by atoms with E-state index < -0.39 is 18.2 Å². The second kappa shape index (κ2) is 4.60. The number of carbonyl (C=O) groups excluding carboxylic acids is 1. The van der Waals surface area contributed by atoms with Crippen LogP contribution in [-0.2, 0) is 9.47 Å². The van der Waals surface area contributed by atoms with E-state index in [1.54, 1.807) is 0 Å². The van der Waals surface area contributed by atoms with Gasteiger partial charge in [-0.2, -0.15) is 0 Å². The van der Waals surface area contributed by atoms with Gasteiger partial charge in [-0.1, -0.05) is 0 Å². The maximum atomic E-state index is 10.4. The van der Waals surface area contributed by atoms with Gasteiger partial charge in [-0.25, -0.2) is 4.79 Å². The summed E-state index contributed by atoms with van der Waals surface area (Å²) in [4.78, 5) is 10.4. The van der Waals surface area contributed by atoms with Crippen molar-refractivity contribution < 1.29 is 24.7 Å². The molecule has 0 aliphatic carbocycles. The summed E-state index contributed by atoms with van der Waals surface area (Å²) < 4.78 is 7.83. The summed E-state index contributed by atoms with van der Waals surface area (Å²) in [7, 11) is 0. The molecular weight excluding hydrogens is 172 g/mol. The second-order valence-corrected chi connectivity index (χ2v) is 1.33. The van der Waals surface area contributed by atoms with Crippen LogP contribution in [0, 0.1) is 0 Å². The lowest BCUT2D eigenvalue weighted by atomic mass is 11.1. The summed E-state index contributed by atoms with van der Waals surface area (Å²) in [5.74, 6) is 0. The minimum Gasteiger partial charge on any atom is -0.407 e. The second-order valence-electron chi connectivity index (χ2n) is 1.33. The van der Waals surface area contributed by atoms with Crippen molar-refractivity contribution in [3.63, 3.8) is 0 Å². The Kier molecular flexibility index (Phi) is 3.76. The van der Waals surface area contributed by atoms with Gasteiger partial charge in [0, 0.05) is 0 Å². The van der Waals surface area contributed by atoms with Gasteiger partial charge >= 0.3 is 18.2 Å². The molecule has 0 unspecified atom stereocenters. The van der Waals surface area contributed by atoms with Crippen molar-refractivity contribution in [3.05, 3.63) is 0 Å². The number of carbonyl (C=O) groups is 1. The largest absolute Gasteiger partial charge is 0.524 e. The maximum absolute atomic E-state index is 10.4. The van der Waals surface area contributed by atoms with E-state index in [9.17, 15) is 4.79 Å². The summed E-state index contributed by atoms with van der Waals surface area (Å²) in [6, 6.07) is -1.66. The van der Waals surface area contributed by atoms with E-state index in [4.69, 9.17) is 21.9 Å². The van der Waals surface area contributed by atoms with E-state index in [1.807, 2.05) is 0 Å². The molecule has 0 saturated heterocycles. The summed E-state index contributed by atoms with van der Waals surface area (Å²) in [5, 5.41) is 20.4. The molecule has 0 fully saturated rings. The summed E-state index contributed by atoms with van der Waals surface area (Å²) in [6.45, 7) is 0. The number of nitrogens with zero attached hydrogens (tertiary/aromatic N) is 2. The number of oxime groups is 2. The van der Waals surface area contributed by atoms with Gasteiger partial charge in [0.1, 0.15) is 0 Å². The van der Waals surface area contributed by atoms with Gasteiger partial charge in [0.2, 0.25) is 0 Å². The summed E-state index contributed by atoms with van der Waals surface area (Å²) in [6.07, 6.45) is -1.39. The number of hydrogen-bond acceptors (Lipinski definition) is 7. The van der Waals surface area contributed by atoms with E-state index in [2.05, 4.69) is 19.8 Å². The van der Waals surface area contributed by atoms with Gasteiger partial charge < -0.3 is 31.4 Å². The van der Waals surface area contributed by atoms with Crippen LogP contribution in [0.2, 0.25) is 0 Å². The highest BCUT2D eigenvalue weighted by Crippen LogP contribution is 1.84. The zero-order valence-corrected chi connectivity index (χ0v) is 5.67. The van der Waals surface area contributed by atoms with Crippen LogP contribution < -0.4 is 11.5 Å². The van der Waals surface area contributed by atoms with Crippen LogP contribution in [-0.4, -0.2) is 28.6 Å². The fourth-order valence-electron chi connectivity index (χ4n) is 0.232. The first-order valence-electron chi connectivity index (χ1n) is 2.45. The molecule has 9 nitrogen and oxygen atoms in total. The van der Waals surface area contributed by atoms with Crippen LogP contribution in [0.1, 0.15) is 0 Å². The van der Waals surface area contributed by atoms with E-state index in [0.29, 0.717) is 0 Å². The first-order valence-corrected chi connectivity index (χ1v) is 2.45. The van der Waals surface area contributed by atoms with Crippen LogP contribution in [0.4, 0.5) is 4.79 Å². The molecule has 0 aliphatic rings. The highest BCUT2D eigenvalue weighted by molar-refractivity contribution is 5.89. The van der Waals surface area contributed by atoms with Crippen LogP contribution in [0.5, 0.6) is 0 Å². The molecular formula is C3H6N4O5. The van der Waals surface area contributed by atoms with Gasteiger partial charge in [0.05, 0.1) is 0 Å². The molecule has 0 atom stereocenters. The summed E-state index contributed by atoms with van der Waals surface area (Å²) >= 11 is 0. The Morgan fingerprint density at radius 3 is 1.67 bits per heavy atom. The quantitative estimate of drug-likeness (QED) is 0.116. The Labute approximate surface area is 65.8 Å². The van der Waals surface area contributed by atoms with Crippen molar-refractivity contribution in [3.8, 4) is 0 Å². The molecule has 0 aromatic rings.